The highest BCUT2D eigenvalue weighted by atomic mass is 32.1. The Balaban J connectivity index is 2.42. The number of nitrogens with one attached hydrogen (secondary N) is 2. The molecule has 0 aromatic carbocycles. The van der Waals surface area contributed by atoms with E-state index in [-0.39, 0.29) is 19.1 Å². The van der Waals surface area contributed by atoms with Crippen molar-refractivity contribution in [2.24, 2.45) is 4.99 Å². The number of hydrogen-bond acceptors (Lipinski definition) is 3. The Hall–Kier alpha value is -1.63. The minimum Gasteiger partial charge on any atom is -0.356 e. The van der Waals surface area contributed by atoms with E-state index in [0.717, 1.165) is 13.0 Å². The highest BCUT2D eigenvalue weighted by Gasteiger charge is 2.04. The molecule has 0 unspecified atom stereocenters. The van der Waals surface area contributed by atoms with Gasteiger partial charge in [0.2, 0.25) is 5.91 Å². The number of likely N-dealkylation sites (N-methyl/N-ethyl adjacent to an activating group) is 1. The Kier molecular flexibility index (Phi) is 8.42. The van der Waals surface area contributed by atoms with Gasteiger partial charge in [-0.25, -0.2) is 4.99 Å². The summed E-state index contributed by atoms with van der Waals surface area (Å²) in [4.78, 5) is 18.5. The molecule has 0 aliphatic rings. The van der Waals surface area contributed by atoms with Gasteiger partial charge < -0.3 is 15.5 Å². The summed E-state index contributed by atoms with van der Waals surface area (Å²) in [6.45, 7) is 0.929. The molecular formula is C14H23FN4OS. The van der Waals surface area contributed by atoms with E-state index in [1.165, 1.54) is 9.78 Å². The second-order valence-corrected chi connectivity index (χ2v) is 5.71. The van der Waals surface area contributed by atoms with Crippen molar-refractivity contribution in [2.45, 2.75) is 12.8 Å². The molecule has 0 saturated heterocycles. The predicted molar refractivity (Wildman–Crippen MR) is 85.6 cm³/mol. The topological polar surface area (TPSA) is 56.7 Å². The van der Waals surface area contributed by atoms with E-state index in [1.54, 1.807) is 25.4 Å². The first-order valence-electron chi connectivity index (χ1n) is 6.94. The molecule has 2 N–H and O–H groups in total. The fraction of sp³-hybridized carbons (Fsp3) is 0.571. The lowest BCUT2D eigenvalue weighted by Crippen LogP contribution is -2.40. The van der Waals surface area contributed by atoms with Gasteiger partial charge in [-0.1, -0.05) is 6.07 Å². The number of alkyl halides is 1. The SMILES string of the molecule is CN(C)C(=O)CN=C(NCCCF)NCCc1cccs1. The summed E-state index contributed by atoms with van der Waals surface area (Å²) in [5.41, 5.74) is 0. The number of hydrogen-bond donors (Lipinski definition) is 2. The number of guanidine groups is 1. The van der Waals surface area contributed by atoms with Crippen molar-refractivity contribution in [3.05, 3.63) is 22.4 Å². The van der Waals surface area contributed by atoms with Crippen LogP contribution in [0.5, 0.6) is 0 Å². The minimum atomic E-state index is -0.369. The highest BCUT2D eigenvalue weighted by molar-refractivity contribution is 7.09. The van der Waals surface area contributed by atoms with Crippen LogP contribution in [0.25, 0.3) is 0 Å². The van der Waals surface area contributed by atoms with Gasteiger partial charge in [-0.15, -0.1) is 11.3 Å². The van der Waals surface area contributed by atoms with E-state index in [0.29, 0.717) is 18.9 Å². The van der Waals surface area contributed by atoms with Crippen LogP contribution >= 0.6 is 11.3 Å². The molecule has 0 fully saturated rings. The summed E-state index contributed by atoms with van der Waals surface area (Å²) in [6.07, 6.45) is 1.32. The zero-order chi connectivity index (χ0) is 15.5. The molecule has 1 heterocycles. The lowest BCUT2D eigenvalue weighted by atomic mass is 10.3. The van der Waals surface area contributed by atoms with Gasteiger partial charge in [-0.2, -0.15) is 0 Å². The third kappa shape index (κ3) is 7.65. The molecule has 0 saturated carbocycles. The largest absolute Gasteiger partial charge is 0.356 e. The van der Waals surface area contributed by atoms with E-state index in [9.17, 15) is 9.18 Å². The van der Waals surface area contributed by atoms with Crippen molar-refractivity contribution in [1.82, 2.24) is 15.5 Å². The lowest BCUT2D eigenvalue weighted by Gasteiger charge is -2.13. The first-order chi connectivity index (χ1) is 10.1. The maximum absolute atomic E-state index is 12.1. The summed E-state index contributed by atoms with van der Waals surface area (Å²) >= 11 is 1.71. The van der Waals surface area contributed by atoms with Crippen molar-refractivity contribution < 1.29 is 9.18 Å². The van der Waals surface area contributed by atoms with Crippen molar-refractivity contribution >= 4 is 23.2 Å². The van der Waals surface area contributed by atoms with Crippen molar-refractivity contribution in [2.75, 3.05) is 40.4 Å². The van der Waals surface area contributed by atoms with E-state index < -0.39 is 0 Å². The molecule has 5 nitrogen and oxygen atoms in total. The maximum atomic E-state index is 12.1. The maximum Gasteiger partial charge on any atom is 0.243 e. The van der Waals surface area contributed by atoms with Crippen LogP contribution < -0.4 is 10.6 Å². The van der Waals surface area contributed by atoms with Crippen LogP contribution in [-0.2, 0) is 11.2 Å². The Bertz CT molecular complexity index is 434. The molecule has 7 heteroatoms. The average Bonchev–Trinajstić information content (AvgIpc) is 2.97. The lowest BCUT2D eigenvalue weighted by molar-refractivity contribution is -0.127. The van der Waals surface area contributed by atoms with Crippen LogP contribution in [0.1, 0.15) is 11.3 Å². The molecule has 0 aliphatic heterocycles. The first kappa shape index (κ1) is 17.4. The number of carbonyl (C=O) groups excluding carboxylic acids is 1. The summed E-state index contributed by atoms with van der Waals surface area (Å²) in [6, 6.07) is 4.10. The number of aliphatic imine (C=N–C) groups is 1. The summed E-state index contributed by atoms with van der Waals surface area (Å²) in [7, 11) is 3.39. The highest BCUT2D eigenvalue weighted by Crippen LogP contribution is 2.07. The molecule has 1 aromatic heterocycles. The zero-order valence-electron chi connectivity index (χ0n) is 12.6. The number of amides is 1. The van der Waals surface area contributed by atoms with Crippen molar-refractivity contribution in [3.8, 4) is 0 Å². The molecule has 0 spiro atoms. The number of halogens is 1. The molecule has 1 aromatic rings. The second-order valence-electron chi connectivity index (χ2n) is 4.68. The Labute approximate surface area is 129 Å². The molecule has 1 amide bonds. The number of nitrogens with zero attached hydrogens (tertiary/aromatic N) is 2. The van der Waals surface area contributed by atoms with Gasteiger partial charge in [-0.3, -0.25) is 9.18 Å². The predicted octanol–water partition coefficient (Wildman–Crippen LogP) is 1.27. The van der Waals surface area contributed by atoms with Gasteiger partial charge in [0.15, 0.2) is 5.96 Å². The number of thiophene rings is 1. The first-order valence-corrected chi connectivity index (χ1v) is 7.82. The molecular weight excluding hydrogens is 291 g/mol. The smallest absolute Gasteiger partial charge is 0.243 e. The third-order valence-corrected chi connectivity index (χ3v) is 3.65. The van der Waals surface area contributed by atoms with Crippen molar-refractivity contribution in [3.63, 3.8) is 0 Å². The third-order valence-electron chi connectivity index (χ3n) is 2.72. The fourth-order valence-corrected chi connectivity index (χ4v) is 2.20. The Morgan fingerprint density at radius 1 is 1.38 bits per heavy atom. The molecule has 0 atom stereocenters. The van der Waals surface area contributed by atoms with Gasteiger partial charge in [-0.05, 0) is 24.3 Å². The van der Waals surface area contributed by atoms with E-state index in [4.69, 9.17) is 0 Å². The second kappa shape index (κ2) is 10.1. The van der Waals surface area contributed by atoms with E-state index in [2.05, 4.69) is 21.7 Å². The molecule has 21 heavy (non-hydrogen) atoms. The van der Waals surface area contributed by atoms with Gasteiger partial charge in [0.1, 0.15) is 6.54 Å². The average molecular weight is 314 g/mol. The van der Waals surface area contributed by atoms with Crippen LogP contribution in [0.4, 0.5) is 4.39 Å². The normalized spacial score (nSPS) is 11.3. The summed E-state index contributed by atoms with van der Waals surface area (Å²) in [5.74, 6) is 0.482. The Morgan fingerprint density at radius 2 is 2.14 bits per heavy atom. The van der Waals surface area contributed by atoms with E-state index >= 15 is 0 Å². The van der Waals surface area contributed by atoms with Gasteiger partial charge in [0, 0.05) is 32.1 Å². The summed E-state index contributed by atoms with van der Waals surface area (Å²) in [5, 5.41) is 8.23. The molecule has 118 valence electrons. The van der Waals surface area contributed by atoms with Crippen LogP contribution in [0.3, 0.4) is 0 Å². The minimum absolute atomic E-state index is 0.0696. The van der Waals surface area contributed by atoms with Gasteiger partial charge in [0.05, 0.1) is 6.67 Å². The zero-order valence-corrected chi connectivity index (χ0v) is 13.4. The monoisotopic (exact) mass is 314 g/mol. The molecule has 0 aliphatic carbocycles. The standard InChI is InChI=1S/C14H23FN4OS/c1-19(2)13(20)11-18-14(16-8-4-7-15)17-9-6-12-5-3-10-21-12/h3,5,10H,4,6-9,11H2,1-2H3,(H2,16,17,18). The van der Waals surface area contributed by atoms with Crippen LogP contribution in [0.2, 0.25) is 0 Å². The number of carbonyl (C=O) groups is 1. The van der Waals surface area contributed by atoms with E-state index in [1.807, 2.05) is 11.4 Å². The molecule has 0 bridgehead atoms. The fourth-order valence-electron chi connectivity index (χ4n) is 1.49. The van der Waals surface area contributed by atoms with Crippen LogP contribution in [0.15, 0.2) is 22.5 Å². The van der Waals surface area contributed by atoms with Gasteiger partial charge in [0.25, 0.3) is 0 Å². The van der Waals surface area contributed by atoms with Crippen LogP contribution in [-0.4, -0.2) is 57.2 Å². The molecule has 1 rings (SSSR count). The summed E-state index contributed by atoms with van der Waals surface area (Å²) < 4.78 is 12.1. The van der Waals surface area contributed by atoms with Crippen LogP contribution in [0, 0.1) is 0 Å². The van der Waals surface area contributed by atoms with Gasteiger partial charge >= 0.3 is 0 Å². The molecule has 0 radical (unpaired) electrons. The Morgan fingerprint density at radius 3 is 2.76 bits per heavy atom. The van der Waals surface area contributed by atoms with Crippen molar-refractivity contribution in [1.29, 1.82) is 0 Å². The number of rotatable bonds is 8. The quantitative estimate of drug-likeness (QED) is 0.432.